The second-order valence-corrected chi connectivity index (χ2v) is 10.3. The molecule has 1 fully saturated rings. The first-order valence-electron chi connectivity index (χ1n) is 11.9. The molecule has 2 aromatic carbocycles. The number of aromatic nitrogens is 5. The minimum absolute atomic E-state index is 0.0899. The fraction of sp³-hybridized carbons (Fsp3) is 0.346. The summed E-state index contributed by atoms with van der Waals surface area (Å²) < 4.78 is 10.7. The molecule has 3 aromatic heterocycles. The van der Waals surface area contributed by atoms with Crippen molar-refractivity contribution in [2.24, 2.45) is 7.05 Å². The Hall–Kier alpha value is -3.43. The van der Waals surface area contributed by atoms with Crippen LogP contribution in [0.3, 0.4) is 0 Å². The molecule has 0 radical (unpaired) electrons. The van der Waals surface area contributed by atoms with Crippen LogP contribution in [0.2, 0.25) is 0 Å². The number of aryl methyl sites for hydroxylation is 1. The predicted molar refractivity (Wildman–Crippen MR) is 139 cm³/mol. The number of benzene rings is 2. The first kappa shape index (κ1) is 22.1. The topological polar surface area (TPSA) is 90.0 Å². The second kappa shape index (κ2) is 8.98. The molecule has 0 amide bonds. The molecule has 1 aliphatic carbocycles. The van der Waals surface area contributed by atoms with Gasteiger partial charge in [0.25, 0.3) is 0 Å². The molecule has 0 aliphatic heterocycles. The Kier molecular flexibility index (Phi) is 5.66. The lowest BCUT2D eigenvalue weighted by molar-refractivity contribution is 0.116. The van der Waals surface area contributed by atoms with Crippen molar-refractivity contribution in [3.05, 3.63) is 54.6 Å². The number of methoxy groups -OCH3 is 1. The Labute approximate surface area is 207 Å². The van der Waals surface area contributed by atoms with Crippen LogP contribution < -0.4 is 10.1 Å². The molecule has 2 atom stereocenters. The number of nitrogens with zero attached hydrogens (tertiary/aromatic N) is 5. The van der Waals surface area contributed by atoms with E-state index in [1.807, 2.05) is 31.8 Å². The summed E-state index contributed by atoms with van der Waals surface area (Å²) in [6, 6.07) is 10.6. The summed E-state index contributed by atoms with van der Waals surface area (Å²) in [6.07, 6.45) is 9.52. The molecule has 9 heteroatoms. The van der Waals surface area contributed by atoms with E-state index in [4.69, 9.17) is 9.72 Å². The van der Waals surface area contributed by atoms with E-state index in [0.29, 0.717) is 6.54 Å². The molecule has 0 saturated heterocycles. The average Bonchev–Trinajstić information content (AvgIpc) is 3.57. The minimum Gasteiger partial charge on any atom is -0.496 e. The number of hydrogen-bond acceptors (Lipinski definition) is 7. The maximum Gasteiger partial charge on any atom is 0.184 e. The highest BCUT2D eigenvalue weighted by molar-refractivity contribution is 7.22. The molecule has 0 spiro atoms. The third kappa shape index (κ3) is 4.26. The van der Waals surface area contributed by atoms with Gasteiger partial charge in [0, 0.05) is 37.0 Å². The fourth-order valence-electron chi connectivity index (χ4n) is 4.93. The van der Waals surface area contributed by atoms with Gasteiger partial charge in [-0.3, -0.25) is 4.68 Å². The summed E-state index contributed by atoms with van der Waals surface area (Å²) in [7, 11) is 3.59. The summed E-state index contributed by atoms with van der Waals surface area (Å²) in [5, 5.41) is 19.0. The van der Waals surface area contributed by atoms with Crippen molar-refractivity contribution in [2.75, 3.05) is 12.4 Å². The Balaban J connectivity index is 1.29. The molecule has 35 heavy (non-hydrogen) atoms. The highest BCUT2D eigenvalue weighted by Gasteiger charge is 2.23. The maximum atomic E-state index is 10.3. The van der Waals surface area contributed by atoms with Crippen molar-refractivity contribution >= 4 is 37.7 Å². The number of aliphatic hydroxyl groups excluding tert-OH is 1. The van der Waals surface area contributed by atoms with Gasteiger partial charge in [-0.15, -0.1) is 0 Å². The van der Waals surface area contributed by atoms with Gasteiger partial charge < -0.3 is 19.7 Å². The number of anilines is 1. The summed E-state index contributed by atoms with van der Waals surface area (Å²) in [5.74, 6) is 0.782. The van der Waals surface area contributed by atoms with Gasteiger partial charge in [0.15, 0.2) is 5.13 Å². The van der Waals surface area contributed by atoms with Crippen molar-refractivity contribution < 1.29 is 9.84 Å². The Morgan fingerprint density at radius 1 is 1.17 bits per heavy atom. The second-order valence-electron chi connectivity index (χ2n) is 9.24. The van der Waals surface area contributed by atoms with Crippen LogP contribution >= 0.6 is 11.3 Å². The molecule has 1 saturated carbocycles. The Morgan fingerprint density at radius 3 is 2.86 bits per heavy atom. The first-order valence-corrected chi connectivity index (χ1v) is 12.7. The monoisotopic (exact) mass is 488 g/mol. The van der Waals surface area contributed by atoms with Crippen LogP contribution in [0.5, 0.6) is 5.75 Å². The third-order valence-electron chi connectivity index (χ3n) is 6.80. The number of imidazole rings is 1. The zero-order chi connectivity index (χ0) is 23.9. The number of hydrogen-bond donors (Lipinski definition) is 2. The lowest BCUT2D eigenvalue weighted by Gasteiger charge is -2.27. The number of nitrogens with one attached hydrogen (secondary N) is 1. The van der Waals surface area contributed by atoms with Crippen LogP contribution in [0.4, 0.5) is 5.13 Å². The molecule has 3 heterocycles. The van der Waals surface area contributed by atoms with E-state index in [9.17, 15) is 5.11 Å². The van der Waals surface area contributed by atoms with Gasteiger partial charge in [-0.2, -0.15) is 5.10 Å². The minimum atomic E-state index is -0.295. The summed E-state index contributed by atoms with van der Waals surface area (Å²) in [5.41, 5.74) is 6.10. The number of fused-ring (bicyclic) bond motifs is 2. The number of aliphatic hydroxyl groups is 1. The van der Waals surface area contributed by atoms with Gasteiger partial charge in [-0.1, -0.05) is 30.2 Å². The summed E-state index contributed by atoms with van der Waals surface area (Å²) >= 11 is 1.65. The van der Waals surface area contributed by atoms with Crippen molar-refractivity contribution in [3.63, 3.8) is 0 Å². The predicted octanol–water partition coefficient (Wildman–Crippen LogP) is 4.82. The number of thiazole rings is 1. The smallest absolute Gasteiger partial charge is 0.184 e. The zero-order valence-electron chi connectivity index (χ0n) is 19.8. The van der Waals surface area contributed by atoms with E-state index in [1.165, 1.54) is 5.56 Å². The molecule has 0 unspecified atom stereocenters. The zero-order valence-corrected chi connectivity index (χ0v) is 20.6. The van der Waals surface area contributed by atoms with Crippen LogP contribution in [0.25, 0.3) is 32.4 Å². The van der Waals surface area contributed by atoms with Crippen LogP contribution in [0.15, 0.2) is 49.1 Å². The normalized spacial score (nSPS) is 18.4. The lowest BCUT2D eigenvalue weighted by Crippen LogP contribution is -2.36. The fourth-order valence-corrected chi connectivity index (χ4v) is 5.92. The molecular formula is C26H28N6O2S. The molecule has 5 aromatic rings. The molecule has 6 rings (SSSR count). The standard InChI is InChI=1S/C26H28N6O2S/c1-31-14-17(12-28-31)18-10-22-21(11-24(18)34-2)27-15-32(22)13-16-7-8-20-25(9-16)35-26(30-20)29-19-5-3-4-6-23(19)33/h7-12,14-15,19,23,33H,3-6,13H2,1-2H3,(H,29,30)/t19-,23-/m1/s1. The summed E-state index contributed by atoms with van der Waals surface area (Å²) in [6.45, 7) is 0.702. The van der Waals surface area contributed by atoms with Crippen molar-refractivity contribution in [1.29, 1.82) is 0 Å². The Bertz CT molecular complexity index is 1500. The van der Waals surface area contributed by atoms with E-state index >= 15 is 0 Å². The molecule has 180 valence electrons. The van der Waals surface area contributed by atoms with E-state index in [-0.39, 0.29) is 12.1 Å². The molecule has 1 aliphatic rings. The third-order valence-corrected chi connectivity index (χ3v) is 7.75. The van der Waals surface area contributed by atoms with Gasteiger partial charge >= 0.3 is 0 Å². The van der Waals surface area contributed by atoms with Crippen molar-refractivity contribution in [1.82, 2.24) is 24.3 Å². The first-order chi connectivity index (χ1) is 17.1. The molecule has 2 N–H and O–H groups in total. The van der Waals surface area contributed by atoms with Gasteiger partial charge in [-0.25, -0.2) is 9.97 Å². The van der Waals surface area contributed by atoms with E-state index in [1.54, 1.807) is 23.1 Å². The SMILES string of the molecule is COc1cc2ncn(Cc3ccc4nc(N[C@@H]5CCCC[C@H]5O)sc4c3)c2cc1-c1cnn(C)c1. The quantitative estimate of drug-likeness (QED) is 0.356. The molecule has 8 nitrogen and oxygen atoms in total. The number of rotatable bonds is 6. The van der Waals surface area contributed by atoms with E-state index < -0.39 is 0 Å². The van der Waals surface area contributed by atoms with Crippen molar-refractivity contribution in [3.8, 4) is 16.9 Å². The summed E-state index contributed by atoms with van der Waals surface area (Å²) in [4.78, 5) is 9.37. The number of ether oxygens (including phenoxy) is 1. The highest BCUT2D eigenvalue weighted by Crippen LogP contribution is 2.34. The largest absolute Gasteiger partial charge is 0.496 e. The van der Waals surface area contributed by atoms with Gasteiger partial charge in [0.2, 0.25) is 0 Å². The van der Waals surface area contributed by atoms with E-state index in [2.05, 4.69) is 44.2 Å². The lowest BCUT2D eigenvalue weighted by atomic mass is 9.93. The van der Waals surface area contributed by atoms with Gasteiger partial charge in [0.05, 0.1) is 53.0 Å². The van der Waals surface area contributed by atoms with Gasteiger partial charge in [0.1, 0.15) is 5.75 Å². The van der Waals surface area contributed by atoms with Crippen LogP contribution in [-0.4, -0.2) is 48.7 Å². The van der Waals surface area contributed by atoms with Gasteiger partial charge in [-0.05, 0) is 36.6 Å². The van der Waals surface area contributed by atoms with Crippen LogP contribution in [0, 0.1) is 0 Å². The van der Waals surface area contributed by atoms with Crippen molar-refractivity contribution in [2.45, 2.75) is 44.4 Å². The van der Waals surface area contributed by atoms with E-state index in [0.717, 1.165) is 68.9 Å². The van der Waals surface area contributed by atoms with Crippen LogP contribution in [-0.2, 0) is 13.6 Å². The highest BCUT2D eigenvalue weighted by atomic mass is 32.1. The average molecular weight is 489 g/mol. The maximum absolute atomic E-state index is 10.3. The Morgan fingerprint density at radius 2 is 2.06 bits per heavy atom. The molecule has 0 bridgehead atoms. The van der Waals surface area contributed by atoms with Crippen LogP contribution in [0.1, 0.15) is 31.2 Å². The molecular weight excluding hydrogens is 460 g/mol.